The summed E-state index contributed by atoms with van der Waals surface area (Å²) in [5.41, 5.74) is 0.788. The van der Waals surface area contributed by atoms with E-state index in [0.29, 0.717) is 31.1 Å². The maximum atomic E-state index is 13.6. The first-order valence-corrected chi connectivity index (χ1v) is 8.96. The Morgan fingerprint density at radius 2 is 2.15 bits per heavy atom. The van der Waals surface area contributed by atoms with Crippen LogP contribution in [0.1, 0.15) is 33.1 Å². The molecule has 1 atom stereocenters. The van der Waals surface area contributed by atoms with Crippen LogP contribution < -0.4 is 10.6 Å². The van der Waals surface area contributed by atoms with E-state index in [-0.39, 0.29) is 36.1 Å². The third-order valence-corrected chi connectivity index (χ3v) is 5.19. The predicted molar refractivity (Wildman–Crippen MR) is 102 cm³/mol. The van der Waals surface area contributed by atoms with Crippen molar-refractivity contribution in [3.63, 3.8) is 0 Å². The quantitative estimate of drug-likeness (QED) is 0.833. The van der Waals surface area contributed by atoms with Gasteiger partial charge in [0.2, 0.25) is 5.91 Å². The number of thiophene rings is 1. The molecule has 140 valence electrons. The van der Waals surface area contributed by atoms with Gasteiger partial charge >= 0.3 is 0 Å². The monoisotopic (exact) mass is 397 g/mol. The molecule has 1 aliphatic rings. The Balaban J connectivity index is 0.00000243. The first-order chi connectivity index (χ1) is 12.0. The summed E-state index contributed by atoms with van der Waals surface area (Å²) in [4.78, 5) is 27.3. The van der Waals surface area contributed by atoms with Crippen LogP contribution in [0.4, 0.5) is 4.39 Å². The van der Waals surface area contributed by atoms with Gasteiger partial charge in [0.25, 0.3) is 5.91 Å². The molecular formula is C18H21ClFN3O2S. The maximum absolute atomic E-state index is 13.6. The van der Waals surface area contributed by atoms with E-state index in [9.17, 15) is 14.0 Å². The van der Waals surface area contributed by atoms with Gasteiger partial charge in [0, 0.05) is 31.4 Å². The van der Waals surface area contributed by atoms with Crippen molar-refractivity contribution in [2.24, 2.45) is 0 Å². The van der Waals surface area contributed by atoms with Crippen LogP contribution in [0.5, 0.6) is 0 Å². The third kappa shape index (κ3) is 4.81. The molecule has 2 aromatic rings. The average molecular weight is 398 g/mol. The lowest BCUT2D eigenvalue weighted by Crippen LogP contribution is -2.48. The molecule has 0 aliphatic carbocycles. The van der Waals surface area contributed by atoms with Crippen LogP contribution in [0.2, 0.25) is 0 Å². The van der Waals surface area contributed by atoms with Crippen LogP contribution in [0, 0.1) is 5.82 Å². The van der Waals surface area contributed by atoms with Gasteiger partial charge in [0.1, 0.15) is 5.82 Å². The molecule has 3 rings (SSSR count). The highest BCUT2D eigenvalue weighted by Crippen LogP contribution is 2.27. The van der Waals surface area contributed by atoms with E-state index >= 15 is 0 Å². The Morgan fingerprint density at radius 3 is 2.88 bits per heavy atom. The third-order valence-electron chi connectivity index (χ3n) is 4.12. The number of nitrogens with zero attached hydrogens (tertiary/aromatic N) is 1. The predicted octanol–water partition coefficient (Wildman–Crippen LogP) is 2.73. The fourth-order valence-electron chi connectivity index (χ4n) is 2.90. The zero-order valence-electron chi connectivity index (χ0n) is 14.3. The van der Waals surface area contributed by atoms with Crippen LogP contribution in [-0.2, 0) is 11.3 Å². The van der Waals surface area contributed by atoms with Gasteiger partial charge in [-0.3, -0.25) is 9.59 Å². The molecule has 1 aliphatic heterocycles. The first kappa shape index (κ1) is 20.4. The van der Waals surface area contributed by atoms with Gasteiger partial charge in [0.05, 0.1) is 17.5 Å². The van der Waals surface area contributed by atoms with Gasteiger partial charge in [-0.1, -0.05) is 12.1 Å². The zero-order valence-corrected chi connectivity index (χ0v) is 16.0. The molecule has 0 radical (unpaired) electrons. The molecule has 26 heavy (non-hydrogen) atoms. The number of benzene rings is 1. The second-order valence-corrected chi connectivity index (χ2v) is 7.12. The lowest BCUT2D eigenvalue weighted by Gasteiger charge is -2.36. The minimum atomic E-state index is -0.302. The number of hydrogen-bond donors (Lipinski definition) is 2. The number of rotatable bonds is 4. The largest absolute Gasteiger partial charge is 0.351 e. The molecular weight excluding hydrogens is 377 g/mol. The molecule has 1 aromatic heterocycles. The summed E-state index contributed by atoms with van der Waals surface area (Å²) < 4.78 is 13.6. The van der Waals surface area contributed by atoms with E-state index in [1.54, 1.807) is 17.0 Å². The van der Waals surface area contributed by atoms with E-state index in [2.05, 4.69) is 10.6 Å². The van der Waals surface area contributed by atoms with Crippen molar-refractivity contribution in [1.82, 2.24) is 15.5 Å². The van der Waals surface area contributed by atoms with E-state index < -0.39 is 0 Å². The molecule has 1 saturated heterocycles. The summed E-state index contributed by atoms with van der Waals surface area (Å²) in [7, 11) is 0. The second kappa shape index (κ2) is 9.12. The number of amides is 2. The molecule has 1 fully saturated rings. The molecule has 8 heteroatoms. The SMILES string of the molecule is CC(=O)NCc1ccc(C(=O)N2CCNCC2c2cccc(F)c2)s1.Cl. The van der Waals surface area contributed by atoms with Gasteiger partial charge in [-0.05, 0) is 29.8 Å². The maximum Gasteiger partial charge on any atom is 0.264 e. The van der Waals surface area contributed by atoms with E-state index in [1.165, 1.54) is 30.4 Å². The van der Waals surface area contributed by atoms with Gasteiger partial charge in [-0.2, -0.15) is 0 Å². The molecule has 2 N–H and O–H groups in total. The lowest BCUT2D eigenvalue weighted by molar-refractivity contribution is -0.119. The van der Waals surface area contributed by atoms with Crippen molar-refractivity contribution in [3.05, 3.63) is 57.5 Å². The Kier molecular flexibility index (Phi) is 7.14. The van der Waals surface area contributed by atoms with Crippen molar-refractivity contribution in [3.8, 4) is 0 Å². The van der Waals surface area contributed by atoms with E-state index in [0.717, 1.165) is 10.4 Å². The number of hydrogen-bond acceptors (Lipinski definition) is 4. The normalized spacial score (nSPS) is 16.7. The molecule has 1 unspecified atom stereocenters. The highest BCUT2D eigenvalue weighted by atomic mass is 35.5. The summed E-state index contributed by atoms with van der Waals surface area (Å²) in [5, 5.41) is 6.00. The van der Waals surface area contributed by atoms with Crippen molar-refractivity contribution in [1.29, 1.82) is 0 Å². The van der Waals surface area contributed by atoms with Gasteiger partial charge < -0.3 is 15.5 Å². The number of nitrogens with one attached hydrogen (secondary N) is 2. The molecule has 0 spiro atoms. The van der Waals surface area contributed by atoms with Crippen LogP contribution in [0.15, 0.2) is 36.4 Å². The fraction of sp³-hybridized carbons (Fsp3) is 0.333. The standard InChI is InChI=1S/C18H20FN3O2S.ClH/c1-12(23)21-10-15-5-6-17(25-15)18(24)22-8-7-20-11-16(22)13-3-2-4-14(19)9-13;/h2-6,9,16,20H,7-8,10-11H2,1H3,(H,21,23);1H. The minimum Gasteiger partial charge on any atom is -0.351 e. The Labute approximate surface area is 162 Å². The number of piperazine rings is 1. The Bertz CT molecular complexity index is 783. The zero-order chi connectivity index (χ0) is 17.8. The van der Waals surface area contributed by atoms with E-state index in [1.807, 2.05) is 12.1 Å². The molecule has 5 nitrogen and oxygen atoms in total. The van der Waals surface area contributed by atoms with Crippen molar-refractivity contribution < 1.29 is 14.0 Å². The average Bonchev–Trinajstić information content (AvgIpc) is 3.08. The summed E-state index contributed by atoms with van der Waals surface area (Å²) in [6, 6.07) is 9.84. The Hall–Kier alpha value is -1.96. The molecule has 0 bridgehead atoms. The number of halogens is 2. The molecule has 1 aromatic carbocycles. The van der Waals surface area contributed by atoms with Crippen molar-refractivity contribution in [2.75, 3.05) is 19.6 Å². The van der Waals surface area contributed by atoms with Crippen LogP contribution in [0.3, 0.4) is 0 Å². The topological polar surface area (TPSA) is 61.4 Å². The second-order valence-electron chi connectivity index (χ2n) is 5.95. The smallest absolute Gasteiger partial charge is 0.264 e. The van der Waals surface area contributed by atoms with Crippen LogP contribution in [-0.4, -0.2) is 36.3 Å². The summed E-state index contributed by atoms with van der Waals surface area (Å²) in [5.74, 6) is -0.464. The van der Waals surface area contributed by atoms with E-state index in [4.69, 9.17) is 0 Å². The van der Waals surface area contributed by atoms with Crippen LogP contribution >= 0.6 is 23.7 Å². The number of carbonyl (C=O) groups excluding carboxylic acids is 2. The summed E-state index contributed by atoms with van der Waals surface area (Å²) in [6.45, 7) is 3.76. The van der Waals surface area contributed by atoms with Gasteiger partial charge in [-0.25, -0.2) is 4.39 Å². The lowest BCUT2D eigenvalue weighted by atomic mass is 10.0. The Morgan fingerprint density at radius 1 is 1.35 bits per heavy atom. The fourth-order valence-corrected chi connectivity index (χ4v) is 3.80. The molecule has 2 amide bonds. The minimum absolute atomic E-state index is 0. The van der Waals surface area contributed by atoms with Crippen molar-refractivity contribution >= 4 is 35.6 Å². The first-order valence-electron chi connectivity index (χ1n) is 8.15. The molecule has 0 saturated carbocycles. The number of carbonyl (C=O) groups is 2. The highest BCUT2D eigenvalue weighted by Gasteiger charge is 2.29. The van der Waals surface area contributed by atoms with Crippen LogP contribution in [0.25, 0.3) is 0 Å². The van der Waals surface area contributed by atoms with Gasteiger partial charge in [0.15, 0.2) is 0 Å². The summed E-state index contributed by atoms with van der Waals surface area (Å²) >= 11 is 1.38. The highest BCUT2D eigenvalue weighted by molar-refractivity contribution is 7.14. The van der Waals surface area contributed by atoms with Gasteiger partial charge in [-0.15, -0.1) is 23.7 Å². The molecule has 2 heterocycles. The van der Waals surface area contributed by atoms with Crippen molar-refractivity contribution in [2.45, 2.75) is 19.5 Å². The summed E-state index contributed by atoms with van der Waals surface area (Å²) in [6.07, 6.45) is 0.